The molecule has 1 aliphatic rings. The summed E-state index contributed by atoms with van der Waals surface area (Å²) in [5, 5.41) is 5.65. The van der Waals surface area contributed by atoms with Crippen LogP contribution < -0.4 is 10.6 Å². The number of amides is 1. The largest absolute Gasteiger partial charge is 0.384 e. The second kappa shape index (κ2) is 5.54. The highest BCUT2D eigenvalue weighted by Crippen LogP contribution is 2.33. The van der Waals surface area contributed by atoms with Crippen LogP contribution in [0.1, 0.15) is 11.5 Å². The lowest BCUT2D eigenvalue weighted by atomic mass is 10.0. The van der Waals surface area contributed by atoms with E-state index >= 15 is 0 Å². The van der Waals surface area contributed by atoms with Gasteiger partial charge in [-0.2, -0.15) is 0 Å². The summed E-state index contributed by atoms with van der Waals surface area (Å²) >= 11 is 11.4. The smallest absolute Gasteiger partial charge is 0.233 e. The number of rotatable bonds is 2. The fraction of sp³-hybridized carbons (Fsp3) is 0.133. The number of para-hydroxylation sites is 1. The van der Waals surface area contributed by atoms with E-state index in [0.717, 1.165) is 11.3 Å². The fourth-order valence-corrected chi connectivity index (χ4v) is 2.86. The first kappa shape index (κ1) is 14.2. The molecule has 6 heteroatoms. The Morgan fingerprint density at radius 3 is 2.62 bits per heavy atom. The van der Waals surface area contributed by atoms with Gasteiger partial charge in [-0.3, -0.25) is 4.79 Å². The van der Waals surface area contributed by atoms with Crippen LogP contribution in [0.4, 0.5) is 15.8 Å². The van der Waals surface area contributed by atoms with E-state index in [1.165, 1.54) is 12.1 Å². The summed E-state index contributed by atoms with van der Waals surface area (Å²) < 4.78 is 13.4. The highest BCUT2D eigenvalue weighted by molar-refractivity contribution is 6.35. The van der Waals surface area contributed by atoms with Crippen LogP contribution in [0.15, 0.2) is 36.4 Å². The van der Waals surface area contributed by atoms with E-state index in [0.29, 0.717) is 12.2 Å². The van der Waals surface area contributed by atoms with E-state index in [2.05, 4.69) is 10.6 Å². The lowest BCUT2D eigenvalue weighted by molar-refractivity contribution is -0.117. The number of nitrogens with one attached hydrogen (secondary N) is 2. The summed E-state index contributed by atoms with van der Waals surface area (Å²) in [5.41, 5.74) is 2.27. The predicted molar refractivity (Wildman–Crippen MR) is 82.7 cm³/mol. The van der Waals surface area contributed by atoms with Crippen LogP contribution in [0.25, 0.3) is 0 Å². The Kier molecular flexibility index (Phi) is 3.74. The van der Waals surface area contributed by atoms with Crippen LogP contribution in [0.5, 0.6) is 0 Å². The van der Waals surface area contributed by atoms with Crippen molar-refractivity contribution in [3.8, 4) is 0 Å². The number of hydrogen-bond acceptors (Lipinski definition) is 2. The van der Waals surface area contributed by atoms with Gasteiger partial charge in [-0.15, -0.1) is 0 Å². The molecule has 1 aliphatic heterocycles. The number of carbonyl (C=O) groups is 1. The van der Waals surface area contributed by atoms with Gasteiger partial charge in [-0.05, 0) is 23.8 Å². The zero-order valence-corrected chi connectivity index (χ0v) is 12.3. The van der Waals surface area contributed by atoms with Gasteiger partial charge in [-0.1, -0.05) is 41.4 Å². The molecule has 1 unspecified atom stereocenters. The highest BCUT2D eigenvalue weighted by Gasteiger charge is 2.28. The number of hydrogen-bond donors (Lipinski definition) is 2. The highest BCUT2D eigenvalue weighted by atomic mass is 35.5. The summed E-state index contributed by atoms with van der Waals surface area (Å²) in [6.45, 7) is 0.522. The number of anilines is 2. The second-order valence-corrected chi connectivity index (χ2v) is 5.58. The maximum atomic E-state index is 13.4. The molecular weight excluding hydrogens is 314 g/mol. The molecule has 1 heterocycles. The second-order valence-electron chi connectivity index (χ2n) is 4.76. The molecule has 0 radical (unpaired) electrons. The van der Waals surface area contributed by atoms with Crippen LogP contribution in [0.3, 0.4) is 0 Å². The van der Waals surface area contributed by atoms with Crippen LogP contribution in [0.2, 0.25) is 10.0 Å². The monoisotopic (exact) mass is 324 g/mol. The molecule has 0 aromatic heterocycles. The van der Waals surface area contributed by atoms with Crippen LogP contribution in [-0.4, -0.2) is 12.5 Å². The van der Waals surface area contributed by atoms with E-state index in [1.54, 1.807) is 0 Å². The first-order valence-corrected chi connectivity index (χ1v) is 7.10. The van der Waals surface area contributed by atoms with Crippen molar-refractivity contribution in [3.63, 3.8) is 0 Å². The number of carbonyl (C=O) groups excluding carboxylic acids is 1. The number of benzene rings is 2. The Morgan fingerprint density at radius 1 is 1.24 bits per heavy atom. The number of halogens is 3. The molecule has 3 nitrogen and oxygen atoms in total. The van der Waals surface area contributed by atoms with Gasteiger partial charge >= 0.3 is 0 Å². The Bertz CT molecular complexity index is 698. The van der Waals surface area contributed by atoms with Gasteiger partial charge in [0.1, 0.15) is 0 Å². The third kappa shape index (κ3) is 2.69. The van der Waals surface area contributed by atoms with Gasteiger partial charge in [0.05, 0.1) is 16.0 Å². The molecule has 108 valence electrons. The average Bonchev–Trinajstić information content (AvgIpc) is 2.88. The SMILES string of the molecule is O=C(Nc1cc(Cl)c(F)c(Cl)c1)C1CNc2ccccc21. The first-order chi connectivity index (χ1) is 10.1. The summed E-state index contributed by atoms with van der Waals surface area (Å²) in [7, 11) is 0. The molecule has 3 rings (SSSR count). The van der Waals surface area contributed by atoms with Gasteiger partial charge in [0.25, 0.3) is 0 Å². The maximum Gasteiger partial charge on any atom is 0.233 e. The van der Waals surface area contributed by atoms with Crippen molar-refractivity contribution < 1.29 is 9.18 Å². The fourth-order valence-electron chi connectivity index (χ4n) is 2.37. The van der Waals surface area contributed by atoms with Gasteiger partial charge in [0, 0.05) is 17.9 Å². The molecule has 0 fully saturated rings. The topological polar surface area (TPSA) is 41.1 Å². The van der Waals surface area contributed by atoms with Crippen molar-refractivity contribution in [2.24, 2.45) is 0 Å². The van der Waals surface area contributed by atoms with Gasteiger partial charge in [0.15, 0.2) is 5.82 Å². The Balaban J connectivity index is 1.82. The van der Waals surface area contributed by atoms with Crippen LogP contribution in [-0.2, 0) is 4.79 Å². The van der Waals surface area contributed by atoms with Crippen molar-refractivity contribution in [1.82, 2.24) is 0 Å². The van der Waals surface area contributed by atoms with Crippen molar-refractivity contribution >= 4 is 40.5 Å². The van der Waals surface area contributed by atoms with Crippen molar-refractivity contribution in [3.05, 3.63) is 57.8 Å². The Hall–Kier alpha value is -1.78. The van der Waals surface area contributed by atoms with E-state index < -0.39 is 5.82 Å². The standard InChI is InChI=1S/C15H11Cl2FN2O/c16-11-5-8(6-12(17)14(11)18)20-15(21)10-7-19-13-4-2-1-3-9(10)13/h1-6,10,19H,7H2,(H,20,21). The molecule has 21 heavy (non-hydrogen) atoms. The molecule has 2 aromatic rings. The zero-order valence-electron chi connectivity index (χ0n) is 10.8. The predicted octanol–water partition coefficient (Wildman–Crippen LogP) is 4.28. The lowest BCUT2D eigenvalue weighted by Crippen LogP contribution is -2.22. The minimum absolute atomic E-state index is 0.122. The molecule has 2 aromatic carbocycles. The molecule has 0 aliphatic carbocycles. The van der Waals surface area contributed by atoms with Gasteiger partial charge < -0.3 is 10.6 Å². The first-order valence-electron chi connectivity index (χ1n) is 6.34. The molecular formula is C15H11Cl2FN2O. The summed E-state index contributed by atoms with van der Waals surface area (Å²) in [6, 6.07) is 10.3. The van der Waals surface area contributed by atoms with Gasteiger partial charge in [-0.25, -0.2) is 4.39 Å². The molecule has 2 N–H and O–H groups in total. The summed E-state index contributed by atoms with van der Waals surface area (Å²) in [4.78, 5) is 12.4. The molecule has 0 saturated carbocycles. The van der Waals surface area contributed by atoms with E-state index in [9.17, 15) is 9.18 Å². The Morgan fingerprint density at radius 2 is 1.90 bits per heavy atom. The van der Waals surface area contributed by atoms with Crippen molar-refractivity contribution in [2.75, 3.05) is 17.2 Å². The van der Waals surface area contributed by atoms with E-state index in [-0.39, 0.29) is 21.9 Å². The lowest BCUT2D eigenvalue weighted by Gasteiger charge is -2.12. The minimum atomic E-state index is -0.691. The minimum Gasteiger partial charge on any atom is -0.384 e. The van der Waals surface area contributed by atoms with Crippen molar-refractivity contribution in [2.45, 2.75) is 5.92 Å². The summed E-state index contributed by atoms with van der Waals surface area (Å²) in [5.74, 6) is -1.18. The van der Waals surface area contributed by atoms with Crippen LogP contribution in [0, 0.1) is 5.82 Å². The van der Waals surface area contributed by atoms with Crippen LogP contribution >= 0.6 is 23.2 Å². The third-order valence-electron chi connectivity index (χ3n) is 3.40. The van der Waals surface area contributed by atoms with Gasteiger partial charge in [0.2, 0.25) is 5.91 Å². The average molecular weight is 325 g/mol. The molecule has 0 bridgehead atoms. The zero-order chi connectivity index (χ0) is 15.0. The maximum absolute atomic E-state index is 13.4. The summed E-state index contributed by atoms with van der Waals surface area (Å²) in [6.07, 6.45) is 0. The molecule has 0 spiro atoms. The Labute approximate surface area is 131 Å². The van der Waals surface area contributed by atoms with E-state index in [1.807, 2.05) is 24.3 Å². The van der Waals surface area contributed by atoms with E-state index in [4.69, 9.17) is 23.2 Å². The molecule has 1 atom stereocenters. The number of fused-ring (bicyclic) bond motifs is 1. The quantitative estimate of drug-likeness (QED) is 0.809. The third-order valence-corrected chi connectivity index (χ3v) is 3.95. The molecule has 1 amide bonds. The normalized spacial score (nSPS) is 16.2. The molecule has 0 saturated heterocycles. The van der Waals surface area contributed by atoms with Crippen molar-refractivity contribution in [1.29, 1.82) is 0 Å².